The van der Waals surface area contributed by atoms with Crippen molar-refractivity contribution in [3.8, 4) is 5.75 Å². The smallest absolute Gasteiger partial charge is 0.297 e. The van der Waals surface area contributed by atoms with Gasteiger partial charge in [0.2, 0.25) is 5.95 Å². The summed E-state index contributed by atoms with van der Waals surface area (Å²) < 4.78 is 43.4. The summed E-state index contributed by atoms with van der Waals surface area (Å²) >= 11 is 0. The van der Waals surface area contributed by atoms with E-state index in [9.17, 15) is 18.0 Å². The number of imidazole rings is 1. The monoisotopic (exact) mass is 554 g/mol. The summed E-state index contributed by atoms with van der Waals surface area (Å²) in [5, 5.41) is 5.68. The Morgan fingerprint density at radius 3 is 2.69 bits per heavy atom. The van der Waals surface area contributed by atoms with Crippen molar-refractivity contribution >= 4 is 33.1 Å². The van der Waals surface area contributed by atoms with Gasteiger partial charge < -0.3 is 14.8 Å². The van der Waals surface area contributed by atoms with Gasteiger partial charge in [0.1, 0.15) is 12.0 Å². The molecular formula is C25H26N6O7S. The molecule has 1 saturated heterocycles. The Morgan fingerprint density at radius 1 is 1.15 bits per heavy atom. The molecule has 1 fully saturated rings. The molecule has 0 saturated carbocycles. The Bertz CT molecular complexity index is 1620. The second kappa shape index (κ2) is 11.3. The van der Waals surface area contributed by atoms with E-state index in [1.165, 1.54) is 23.0 Å². The van der Waals surface area contributed by atoms with Crippen LogP contribution in [0.15, 0.2) is 70.6 Å². The van der Waals surface area contributed by atoms with Crippen LogP contribution in [0.1, 0.15) is 11.8 Å². The summed E-state index contributed by atoms with van der Waals surface area (Å²) in [7, 11) is -3.96. The Kier molecular flexibility index (Phi) is 7.70. The number of anilines is 1. The number of amides is 1. The first-order valence-corrected chi connectivity index (χ1v) is 13.5. The molecule has 1 aliphatic rings. The van der Waals surface area contributed by atoms with Crippen LogP contribution in [0, 0.1) is 6.92 Å². The number of H-pyrrole nitrogens is 1. The molecule has 4 aromatic rings. The SMILES string of the molecule is Cc1ccc(S(=O)(=O)OC[C@@H]2CNC[C@H](n3cnc4c(=O)[nH]c(NC(=O)COc5ccccc5)nc43)O2)cc1. The molecular weight excluding hydrogens is 528 g/mol. The minimum atomic E-state index is -3.96. The summed E-state index contributed by atoms with van der Waals surface area (Å²) in [4.78, 5) is 36.0. The number of hydrogen-bond donors (Lipinski definition) is 3. The number of carbonyl (C=O) groups is 1. The van der Waals surface area contributed by atoms with E-state index in [0.717, 1.165) is 5.56 Å². The second-order valence-electron chi connectivity index (χ2n) is 8.81. The number of aromatic amines is 1. The summed E-state index contributed by atoms with van der Waals surface area (Å²) in [6.45, 7) is 2.05. The van der Waals surface area contributed by atoms with Crippen LogP contribution < -0.4 is 20.9 Å². The number of rotatable bonds is 9. The van der Waals surface area contributed by atoms with E-state index in [2.05, 4.69) is 25.6 Å². The third kappa shape index (κ3) is 6.31. The fourth-order valence-corrected chi connectivity index (χ4v) is 4.85. The average molecular weight is 555 g/mol. The average Bonchev–Trinajstić information content (AvgIpc) is 3.36. The first kappa shape index (κ1) is 26.5. The van der Waals surface area contributed by atoms with Gasteiger partial charge in [-0.25, -0.2) is 4.98 Å². The van der Waals surface area contributed by atoms with Gasteiger partial charge >= 0.3 is 0 Å². The van der Waals surface area contributed by atoms with Gasteiger partial charge in [-0.05, 0) is 31.2 Å². The highest BCUT2D eigenvalue weighted by molar-refractivity contribution is 7.86. The van der Waals surface area contributed by atoms with Gasteiger partial charge in [0.05, 0.1) is 23.9 Å². The number of aromatic nitrogens is 4. The summed E-state index contributed by atoms with van der Waals surface area (Å²) in [5.41, 5.74) is 0.613. The van der Waals surface area contributed by atoms with Gasteiger partial charge in [-0.2, -0.15) is 13.4 Å². The van der Waals surface area contributed by atoms with Crippen molar-refractivity contribution in [1.82, 2.24) is 24.8 Å². The predicted octanol–water partition coefficient (Wildman–Crippen LogP) is 1.34. The number of fused-ring (bicyclic) bond motifs is 1. The van der Waals surface area contributed by atoms with Gasteiger partial charge in [-0.3, -0.25) is 28.6 Å². The zero-order valence-corrected chi connectivity index (χ0v) is 21.7. The second-order valence-corrected chi connectivity index (χ2v) is 10.4. The minimum Gasteiger partial charge on any atom is -0.484 e. The fourth-order valence-electron chi connectivity index (χ4n) is 3.92. The minimum absolute atomic E-state index is 0.0532. The molecule has 0 bridgehead atoms. The van der Waals surface area contributed by atoms with Crippen LogP contribution in [-0.2, 0) is 23.8 Å². The van der Waals surface area contributed by atoms with Gasteiger partial charge in [-0.15, -0.1) is 0 Å². The topological polar surface area (TPSA) is 167 Å². The molecule has 13 nitrogen and oxygen atoms in total. The number of aryl methyl sites for hydroxylation is 1. The van der Waals surface area contributed by atoms with E-state index >= 15 is 0 Å². The summed E-state index contributed by atoms with van der Waals surface area (Å²) in [6.07, 6.45) is 0.117. The van der Waals surface area contributed by atoms with Crippen LogP contribution in [0.4, 0.5) is 5.95 Å². The molecule has 39 heavy (non-hydrogen) atoms. The van der Waals surface area contributed by atoms with E-state index in [0.29, 0.717) is 18.8 Å². The number of morpholine rings is 1. The molecule has 0 unspecified atom stereocenters. The van der Waals surface area contributed by atoms with Crippen molar-refractivity contribution in [3.05, 3.63) is 76.8 Å². The molecule has 0 aliphatic carbocycles. The number of para-hydroxylation sites is 1. The number of hydrogen-bond acceptors (Lipinski definition) is 10. The van der Waals surface area contributed by atoms with Crippen LogP contribution in [0.25, 0.3) is 11.2 Å². The van der Waals surface area contributed by atoms with Crippen molar-refractivity contribution in [3.63, 3.8) is 0 Å². The molecule has 3 N–H and O–H groups in total. The molecule has 2 aromatic heterocycles. The largest absolute Gasteiger partial charge is 0.484 e. The Labute approximate surface area is 223 Å². The zero-order chi connectivity index (χ0) is 27.4. The lowest BCUT2D eigenvalue weighted by Gasteiger charge is -2.31. The molecule has 2 aromatic carbocycles. The van der Waals surface area contributed by atoms with E-state index in [1.54, 1.807) is 36.4 Å². The third-order valence-electron chi connectivity index (χ3n) is 5.87. The maximum Gasteiger partial charge on any atom is 0.297 e. The highest BCUT2D eigenvalue weighted by Gasteiger charge is 2.28. The van der Waals surface area contributed by atoms with E-state index in [4.69, 9.17) is 13.7 Å². The van der Waals surface area contributed by atoms with Crippen LogP contribution in [-0.4, -0.2) is 66.3 Å². The molecule has 0 radical (unpaired) electrons. The molecule has 2 atom stereocenters. The zero-order valence-electron chi connectivity index (χ0n) is 20.9. The lowest BCUT2D eigenvalue weighted by Crippen LogP contribution is -2.44. The van der Waals surface area contributed by atoms with Gasteiger partial charge in [0.15, 0.2) is 17.8 Å². The normalized spacial score (nSPS) is 17.7. The Morgan fingerprint density at radius 2 is 1.92 bits per heavy atom. The first-order valence-electron chi connectivity index (χ1n) is 12.1. The highest BCUT2D eigenvalue weighted by atomic mass is 32.2. The molecule has 0 spiro atoms. The van der Waals surface area contributed by atoms with Crippen molar-refractivity contribution < 1.29 is 26.9 Å². The molecule has 3 heterocycles. The van der Waals surface area contributed by atoms with Gasteiger partial charge in [0.25, 0.3) is 21.6 Å². The molecule has 14 heteroatoms. The van der Waals surface area contributed by atoms with Crippen LogP contribution >= 0.6 is 0 Å². The van der Waals surface area contributed by atoms with Crippen molar-refractivity contribution in [2.75, 3.05) is 31.6 Å². The molecule has 5 rings (SSSR count). The van der Waals surface area contributed by atoms with Gasteiger partial charge in [0, 0.05) is 13.1 Å². The third-order valence-corrected chi connectivity index (χ3v) is 7.17. The van der Waals surface area contributed by atoms with Crippen LogP contribution in [0.5, 0.6) is 5.75 Å². The number of benzene rings is 2. The van der Waals surface area contributed by atoms with E-state index in [-0.39, 0.29) is 35.2 Å². The highest BCUT2D eigenvalue weighted by Crippen LogP contribution is 2.21. The molecule has 204 valence electrons. The number of carbonyl (C=O) groups excluding carboxylic acids is 1. The lowest BCUT2D eigenvalue weighted by atomic mass is 10.2. The van der Waals surface area contributed by atoms with E-state index < -0.39 is 33.9 Å². The Hall–Kier alpha value is -4.11. The molecule has 1 aliphatic heterocycles. The van der Waals surface area contributed by atoms with E-state index in [1.807, 2.05) is 13.0 Å². The van der Waals surface area contributed by atoms with Crippen LogP contribution in [0.2, 0.25) is 0 Å². The number of nitrogens with one attached hydrogen (secondary N) is 3. The molecule has 1 amide bonds. The standard InChI is InChI=1S/C25H26N6O7S/c1-16-7-9-19(10-8-16)39(34,35)37-13-18-11-26-12-21(38-18)31-15-27-22-23(31)29-25(30-24(22)33)28-20(32)14-36-17-5-3-2-4-6-17/h2-10,15,18,21,26H,11-14H2,1H3,(H2,28,29,30,32,33)/t18-,21+/m0/s1. The summed E-state index contributed by atoms with van der Waals surface area (Å²) in [5.74, 6) is -0.0754. The van der Waals surface area contributed by atoms with Gasteiger partial charge in [-0.1, -0.05) is 35.9 Å². The lowest BCUT2D eigenvalue weighted by molar-refractivity contribution is -0.118. The maximum atomic E-state index is 12.6. The maximum absolute atomic E-state index is 12.6. The summed E-state index contributed by atoms with van der Waals surface area (Å²) in [6, 6.07) is 15.2. The quantitative estimate of drug-likeness (QED) is 0.257. The van der Waals surface area contributed by atoms with Crippen LogP contribution in [0.3, 0.4) is 0 Å². The number of ether oxygens (including phenoxy) is 2. The van der Waals surface area contributed by atoms with Crippen molar-refractivity contribution in [1.29, 1.82) is 0 Å². The number of nitrogens with zero attached hydrogens (tertiary/aromatic N) is 3. The van der Waals surface area contributed by atoms with Crippen molar-refractivity contribution in [2.45, 2.75) is 24.2 Å². The van der Waals surface area contributed by atoms with Crippen molar-refractivity contribution in [2.24, 2.45) is 0 Å². The first-order chi connectivity index (χ1) is 18.8. The predicted molar refractivity (Wildman–Crippen MR) is 140 cm³/mol. The Balaban J connectivity index is 1.26. The fraction of sp³-hybridized carbons (Fsp3) is 0.280.